The van der Waals surface area contributed by atoms with Gasteiger partial charge in [0.2, 0.25) is 0 Å². The Morgan fingerprint density at radius 3 is 2.75 bits per heavy atom. The number of piperidine rings is 1. The third-order valence-electron chi connectivity index (χ3n) is 4.88. The maximum Gasteiger partial charge on any atom is 0.325 e. The van der Waals surface area contributed by atoms with Crippen molar-refractivity contribution in [2.75, 3.05) is 19.6 Å². The predicted molar refractivity (Wildman–Crippen MR) is 91.2 cm³/mol. The first-order valence-electron chi connectivity index (χ1n) is 8.44. The van der Waals surface area contributed by atoms with Crippen LogP contribution in [0.5, 0.6) is 0 Å². The number of carbonyl (C=O) groups excluding carboxylic acids is 2. The average molecular weight is 328 g/mol. The molecule has 0 aromatic carbocycles. The van der Waals surface area contributed by atoms with E-state index in [9.17, 15) is 9.59 Å². The van der Waals surface area contributed by atoms with Gasteiger partial charge < -0.3 is 10.6 Å². The molecule has 3 rings (SSSR count). The molecule has 1 aromatic rings. The molecular formula is C18H24N4O2. The van der Waals surface area contributed by atoms with E-state index < -0.39 is 5.54 Å². The van der Waals surface area contributed by atoms with E-state index in [2.05, 4.69) is 15.6 Å². The topological polar surface area (TPSA) is 74.3 Å². The minimum Gasteiger partial charge on any atom is -0.319 e. The Hall–Kier alpha value is -2.21. The molecule has 6 nitrogen and oxygen atoms in total. The van der Waals surface area contributed by atoms with Crippen LogP contribution in [0.25, 0.3) is 0 Å². The van der Waals surface area contributed by atoms with Gasteiger partial charge in [0, 0.05) is 24.5 Å². The minimum atomic E-state index is -0.997. The highest BCUT2D eigenvalue weighted by Gasteiger charge is 2.56. The molecule has 1 atom stereocenters. The van der Waals surface area contributed by atoms with E-state index in [1.165, 1.54) is 4.90 Å². The fourth-order valence-corrected chi connectivity index (χ4v) is 3.59. The van der Waals surface area contributed by atoms with Gasteiger partial charge in [-0.25, -0.2) is 4.79 Å². The van der Waals surface area contributed by atoms with Gasteiger partial charge in [-0.2, -0.15) is 0 Å². The third-order valence-corrected chi connectivity index (χ3v) is 4.88. The van der Waals surface area contributed by atoms with Crippen molar-refractivity contribution < 1.29 is 9.59 Å². The van der Waals surface area contributed by atoms with E-state index in [1.807, 2.05) is 32.1 Å². The van der Waals surface area contributed by atoms with Crippen LogP contribution in [0.15, 0.2) is 36.2 Å². The SMILES string of the molecule is CC(C)=CCN1C(=O)N[C@@](c2cccnc2)(C2CCNCC2)C1=O. The molecule has 6 heteroatoms. The zero-order valence-corrected chi connectivity index (χ0v) is 14.2. The van der Waals surface area contributed by atoms with Crippen molar-refractivity contribution in [1.82, 2.24) is 20.5 Å². The molecule has 3 heterocycles. The van der Waals surface area contributed by atoms with Gasteiger partial charge in [0.1, 0.15) is 0 Å². The number of aromatic nitrogens is 1. The maximum absolute atomic E-state index is 13.3. The van der Waals surface area contributed by atoms with Crippen LogP contribution in [0.1, 0.15) is 32.3 Å². The number of allylic oxidation sites excluding steroid dienone is 1. The molecule has 0 unspecified atom stereocenters. The molecule has 24 heavy (non-hydrogen) atoms. The number of carbonyl (C=O) groups is 2. The van der Waals surface area contributed by atoms with Gasteiger partial charge in [0.25, 0.3) is 5.91 Å². The summed E-state index contributed by atoms with van der Waals surface area (Å²) in [4.78, 5) is 31.4. The van der Waals surface area contributed by atoms with Crippen molar-refractivity contribution in [1.29, 1.82) is 0 Å². The highest BCUT2D eigenvalue weighted by molar-refractivity contribution is 6.07. The molecule has 3 amide bonds. The molecule has 2 saturated heterocycles. The van der Waals surface area contributed by atoms with Crippen molar-refractivity contribution in [2.24, 2.45) is 5.92 Å². The second kappa shape index (κ2) is 6.73. The first-order valence-corrected chi connectivity index (χ1v) is 8.44. The second-order valence-corrected chi connectivity index (χ2v) is 6.70. The fourth-order valence-electron chi connectivity index (χ4n) is 3.59. The number of pyridine rings is 1. The van der Waals surface area contributed by atoms with Crippen LogP contribution in [0, 0.1) is 5.92 Å². The van der Waals surface area contributed by atoms with Crippen molar-refractivity contribution in [3.8, 4) is 0 Å². The van der Waals surface area contributed by atoms with Crippen molar-refractivity contribution in [3.05, 3.63) is 41.7 Å². The van der Waals surface area contributed by atoms with Gasteiger partial charge in [-0.05, 0) is 51.8 Å². The molecule has 2 fully saturated rings. The largest absolute Gasteiger partial charge is 0.325 e. The number of imide groups is 1. The first kappa shape index (κ1) is 16.6. The predicted octanol–water partition coefficient (Wildman–Crippen LogP) is 1.79. The third kappa shape index (κ3) is 2.82. The van der Waals surface area contributed by atoms with Gasteiger partial charge in [-0.1, -0.05) is 17.7 Å². The van der Waals surface area contributed by atoms with Crippen molar-refractivity contribution in [3.63, 3.8) is 0 Å². The van der Waals surface area contributed by atoms with Gasteiger partial charge in [-0.3, -0.25) is 14.7 Å². The Kier molecular flexibility index (Phi) is 4.66. The molecule has 0 radical (unpaired) electrons. The second-order valence-electron chi connectivity index (χ2n) is 6.70. The molecule has 2 aliphatic heterocycles. The van der Waals surface area contributed by atoms with E-state index in [0.717, 1.165) is 37.1 Å². The summed E-state index contributed by atoms with van der Waals surface area (Å²) < 4.78 is 0. The Balaban J connectivity index is 2.01. The van der Waals surface area contributed by atoms with Crippen LogP contribution in [0.2, 0.25) is 0 Å². The lowest BCUT2D eigenvalue weighted by molar-refractivity contribution is -0.133. The number of hydrogen-bond acceptors (Lipinski definition) is 4. The standard InChI is InChI=1S/C18H24N4O2/c1-13(2)7-11-22-16(23)18(21-17(22)24,14-5-9-19-10-6-14)15-4-3-8-20-12-15/h3-4,7-8,12,14,19H,5-6,9-11H2,1-2H3,(H,21,24)/t18-/m1/s1. The van der Waals surface area contributed by atoms with E-state index in [1.54, 1.807) is 12.4 Å². The Morgan fingerprint density at radius 1 is 1.38 bits per heavy atom. The Bertz CT molecular complexity index is 648. The number of hydrogen-bond donors (Lipinski definition) is 2. The summed E-state index contributed by atoms with van der Waals surface area (Å²) >= 11 is 0. The molecular weight excluding hydrogens is 304 g/mol. The van der Waals surface area contributed by atoms with Crippen LogP contribution in [-0.2, 0) is 10.3 Å². The summed E-state index contributed by atoms with van der Waals surface area (Å²) in [6.45, 7) is 5.92. The molecule has 1 aromatic heterocycles. The zero-order valence-electron chi connectivity index (χ0n) is 14.2. The highest BCUT2D eigenvalue weighted by atomic mass is 16.2. The monoisotopic (exact) mass is 328 g/mol. The summed E-state index contributed by atoms with van der Waals surface area (Å²) in [6, 6.07) is 3.38. The van der Waals surface area contributed by atoms with Crippen LogP contribution >= 0.6 is 0 Å². The normalized spacial score (nSPS) is 24.8. The average Bonchev–Trinajstić information content (AvgIpc) is 2.86. The number of nitrogens with one attached hydrogen (secondary N) is 2. The minimum absolute atomic E-state index is 0.0658. The van der Waals surface area contributed by atoms with Crippen LogP contribution < -0.4 is 10.6 Å². The van der Waals surface area contributed by atoms with Gasteiger partial charge in [0.15, 0.2) is 5.54 Å². The molecule has 0 bridgehead atoms. The lowest BCUT2D eigenvalue weighted by Crippen LogP contribution is -2.53. The summed E-state index contributed by atoms with van der Waals surface area (Å²) in [6.07, 6.45) is 6.97. The number of amides is 3. The zero-order chi connectivity index (χ0) is 17.2. The van der Waals surface area contributed by atoms with Gasteiger partial charge in [-0.15, -0.1) is 0 Å². The van der Waals surface area contributed by atoms with E-state index in [0.29, 0.717) is 6.54 Å². The van der Waals surface area contributed by atoms with Crippen LogP contribution in [-0.4, -0.2) is 41.5 Å². The van der Waals surface area contributed by atoms with Crippen LogP contribution in [0.3, 0.4) is 0 Å². The number of urea groups is 1. The smallest absolute Gasteiger partial charge is 0.319 e. The van der Waals surface area contributed by atoms with Gasteiger partial charge >= 0.3 is 6.03 Å². The number of rotatable bonds is 4. The molecule has 0 spiro atoms. The lowest BCUT2D eigenvalue weighted by atomic mass is 9.74. The summed E-state index contributed by atoms with van der Waals surface area (Å²) in [5, 5.41) is 6.34. The number of nitrogens with zero attached hydrogens (tertiary/aromatic N) is 2. The maximum atomic E-state index is 13.3. The first-order chi connectivity index (χ1) is 11.6. The summed E-state index contributed by atoms with van der Waals surface area (Å²) in [5.74, 6) is -0.0963. The van der Waals surface area contributed by atoms with Gasteiger partial charge in [0.05, 0.1) is 0 Å². The molecule has 128 valence electrons. The van der Waals surface area contributed by atoms with E-state index >= 15 is 0 Å². The Labute approximate surface area is 142 Å². The van der Waals surface area contributed by atoms with E-state index in [4.69, 9.17) is 0 Å². The van der Waals surface area contributed by atoms with Crippen LogP contribution in [0.4, 0.5) is 4.79 Å². The lowest BCUT2D eigenvalue weighted by Gasteiger charge is -2.37. The molecule has 0 aliphatic carbocycles. The molecule has 2 N–H and O–H groups in total. The Morgan fingerprint density at radius 2 is 2.12 bits per heavy atom. The fraction of sp³-hybridized carbons (Fsp3) is 0.500. The van der Waals surface area contributed by atoms with E-state index in [-0.39, 0.29) is 17.9 Å². The molecule has 0 saturated carbocycles. The quantitative estimate of drug-likeness (QED) is 0.653. The molecule has 2 aliphatic rings. The summed E-state index contributed by atoms with van der Waals surface area (Å²) in [7, 11) is 0. The van der Waals surface area contributed by atoms with Crippen molar-refractivity contribution >= 4 is 11.9 Å². The summed E-state index contributed by atoms with van der Waals surface area (Å²) in [5.41, 5.74) is 0.856. The van der Waals surface area contributed by atoms with Crippen molar-refractivity contribution in [2.45, 2.75) is 32.2 Å². The highest BCUT2D eigenvalue weighted by Crippen LogP contribution is 2.40.